The number of amides is 1. The number of ether oxygens (including phenoxy) is 2. The topological polar surface area (TPSA) is 76.1 Å². The highest BCUT2D eigenvalue weighted by Crippen LogP contribution is 2.27. The molecule has 1 N–H and O–H groups in total. The molecular formula is C24H29NO5. The van der Waals surface area contributed by atoms with Gasteiger partial charge in [-0.3, -0.25) is 0 Å². The van der Waals surface area contributed by atoms with Crippen LogP contribution in [0.25, 0.3) is 0 Å². The van der Waals surface area contributed by atoms with Crippen LogP contribution in [0.2, 0.25) is 0 Å². The quantitative estimate of drug-likeness (QED) is 0.726. The van der Waals surface area contributed by atoms with E-state index in [0.717, 1.165) is 47.3 Å². The first-order valence-electron chi connectivity index (χ1n) is 10.4. The van der Waals surface area contributed by atoms with Gasteiger partial charge in [-0.1, -0.05) is 42.5 Å². The third-order valence-electron chi connectivity index (χ3n) is 5.30. The number of carbonyl (C=O) groups excluding carboxylic acids is 1. The van der Waals surface area contributed by atoms with Crippen molar-refractivity contribution in [2.45, 2.75) is 52.2 Å². The minimum Gasteiger partial charge on any atom is -0.488 e. The van der Waals surface area contributed by atoms with E-state index in [-0.39, 0.29) is 6.42 Å². The molecule has 0 radical (unpaired) electrons. The van der Waals surface area contributed by atoms with Crippen LogP contribution >= 0.6 is 0 Å². The predicted octanol–water partition coefficient (Wildman–Crippen LogP) is 4.50. The average molecular weight is 411 g/mol. The number of hydrogen-bond donors (Lipinski definition) is 1. The fourth-order valence-corrected chi connectivity index (χ4v) is 3.78. The Labute approximate surface area is 177 Å². The number of nitrogens with zero attached hydrogens (tertiary/aromatic N) is 1. The van der Waals surface area contributed by atoms with E-state index in [9.17, 15) is 14.7 Å². The van der Waals surface area contributed by atoms with E-state index < -0.39 is 18.2 Å². The number of carbonyl (C=O) groups is 2. The van der Waals surface area contributed by atoms with Crippen molar-refractivity contribution in [3.63, 3.8) is 0 Å². The Morgan fingerprint density at radius 3 is 2.23 bits per heavy atom. The van der Waals surface area contributed by atoms with Crippen molar-refractivity contribution in [1.29, 1.82) is 0 Å². The fourth-order valence-electron chi connectivity index (χ4n) is 3.78. The first-order chi connectivity index (χ1) is 14.4. The molecule has 30 heavy (non-hydrogen) atoms. The second-order valence-corrected chi connectivity index (χ2v) is 7.80. The van der Waals surface area contributed by atoms with Crippen LogP contribution in [-0.2, 0) is 22.6 Å². The van der Waals surface area contributed by atoms with Crippen molar-refractivity contribution in [3.8, 4) is 5.75 Å². The van der Waals surface area contributed by atoms with Crippen LogP contribution in [0.3, 0.4) is 0 Å². The number of aryl methyl sites for hydroxylation is 2. The molecule has 1 aliphatic rings. The van der Waals surface area contributed by atoms with Gasteiger partial charge >= 0.3 is 12.1 Å². The van der Waals surface area contributed by atoms with E-state index in [1.165, 1.54) is 0 Å². The van der Waals surface area contributed by atoms with Gasteiger partial charge in [0, 0.05) is 19.5 Å². The lowest BCUT2D eigenvalue weighted by Crippen LogP contribution is -2.40. The smallest absolute Gasteiger partial charge is 0.410 e. The highest BCUT2D eigenvalue weighted by Gasteiger charge is 2.27. The summed E-state index contributed by atoms with van der Waals surface area (Å²) in [6.07, 6.45) is 1.30. The standard InChI is InChI=1S/C24H29NO5/c1-17-13-20(14-18(2)22(17)29-16-19-9-5-3-6-10-19)15-21(23(26)27)30-24(28)25-11-7-4-8-12-25/h3,5-6,9-10,13-14,21H,4,7-8,11-12,15-16H2,1-2H3,(H,26,27)/t21-/m1/s1. The SMILES string of the molecule is Cc1cc(C[C@@H](OC(=O)N2CCCCC2)C(=O)O)cc(C)c1OCc1ccccc1. The molecule has 0 bridgehead atoms. The monoisotopic (exact) mass is 411 g/mol. The molecule has 6 heteroatoms. The summed E-state index contributed by atoms with van der Waals surface area (Å²) in [6, 6.07) is 13.7. The van der Waals surface area contributed by atoms with Crippen molar-refractivity contribution in [1.82, 2.24) is 4.90 Å². The largest absolute Gasteiger partial charge is 0.488 e. The van der Waals surface area contributed by atoms with Gasteiger partial charge in [-0.05, 0) is 55.4 Å². The van der Waals surface area contributed by atoms with E-state index >= 15 is 0 Å². The zero-order valence-corrected chi connectivity index (χ0v) is 17.6. The van der Waals surface area contributed by atoms with Gasteiger partial charge in [0.05, 0.1) is 0 Å². The van der Waals surface area contributed by atoms with Crippen LogP contribution < -0.4 is 4.74 Å². The van der Waals surface area contributed by atoms with Crippen LogP contribution in [0.1, 0.15) is 41.5 Å². The molecule has 0 unspecified atom stereocenters. The van der Waals surface area contributed by atoms with E-state index in [4.69, 9.17) is 9.47 Å². The molecule has 1 atom stereocenters. The number of rotatable bonds is 7. The maximum Gasteiger partial charge on any atom is 0.410 e. The Hall–Kier alpha value is -3.02. The third kappa shape index (κ3) is 5.75. The Morgan fingerprint density at radius 2 is 1.63 bits per heavy atom. The van der Waals surface area contributed by atoms with Gasteiger partial charge in [-0.25, -0.2) is 9.59 Å². The van der Waals surface area contributed by atoms with Gasteiger partial charge in [0.25, 0.3) is 0 Å². The van der Waals surface area contributed by atoms with E-state index in [2.05, 4.69) is 0 Å². The number of carboxylic acid groups (broad SMARTS) is 1. The van der Waals surface area contributed by atoms with Crippen molar-refractivity contribution < 1.29 is 24.2 Å². The predicted molar refractivity (Wildman–Crippen MR) is 114 cm³/mol. The molecule has 6 nitrogen and oxygen atoms in total. The molecule has 2 aromatic carbocycles. The molecule has 3 rings (SSSR count). The molecule has 1 amide bonds. The summed E-state index contributed by atoms with van der Waals surface area (Å²) in [7, 11) is 0. The number of likely N-dealkylation sites (tertiary alicyclic amines) is 1. The van der Waals surface area contributed by atoms with Crippen molar-refractivity contribution >= 4 is 12.1 Å². The van der Waals surface area contributed by atoms with Gasteiger partial charge in [0.15, 0.2) is 0 Å². The minimum atomic E-state index is -1.21. The second kappa shape index (κ2) is 10.1. The molecule has 0 saturated carbocycles. The molecule has 0 aliphatic carbocycles. The van der Waals surface area contributed by atoms with Crippen molar-refractivity contribution in [2.75, 3.05) is 13.1 Å². The summed E-state index contributed by atoms with van der Waals surface area (Å²) in [4.78, 5) is 25.6. The van der Waals surface area contributed by atoms with Gasteiger partial charge in [-0.2, -0.15) is 0 Å². The molecule has 1 aliphatic heterocycles. The Bertz CT molecular complexity index is 851. The third-order valence-corrected chi connectivity index (χ3v) is 5.30. The highest BCUT2D eigenvalue weighted by atomic mass is 16.6. The summed E-state index contributed by atoms with van der Waals surface area (Å²) in [5, 5.41) is 9.56. The number of carboxylic acids is 1. The second-order valence-electron chi connectivity index (χ2n) is 7.80. The first-order valence-corrected chi connectivity index (χ1v) is 10.4. The van der Waals surface area contributed by atoms with Gasteiger partial charge in [-0.15, -0.1) is 0 Å². The highest BCUT2D eigenvalue weighted by molar-refractivity contribution is 5.77. The van der Waals surface area contributed by atoms with Crippen LogP contribution in [0.5, 0.6) is 5.75 Å². The maximum absolute atomic E-state index is 12.3. The first kappa shape index (κ1) is 21.7. The van der Waals surface area contributed by atoms with Gasteiger partial charge < -0.3 is 19.5 Å². The summed E-state index contributed by atoms with van der Waals surface area (Å²) >= 11 is 0. The number of aliphatic carboxylic acids is 1. The maximum atomic E-state index is 12.3. The van der Waals surface area contributed by atoms with Crippen LogP contribution in [0.15, 0.2) is 42.5 Å². The van der Waals surface area contributed by atoms with E-state index in [1.807, 2.05) is 56.3 Å². The minimum absolute atomic E-state index is 0.121. The summed E-state index contributed by atoms with van der Waals surface area (Å²) in [6.45, 7) is 5.58. The average Bonchev–Trinajstić information content (AvgIpc) is 2.74. The molecule has 0 spiro atoms. The van der Waals surface area contributed by atoms with Gasteiger partial charge in [0.2, 0.25) is 6.10 Å². The summed E-state index contributed by atoms with van der Waals surface area (Å²) in [5.74, 6) is -0.347. The van der Waals surface area contributed by atoms with Gasteiger partial charge in [0.1, 0.15) is 12.4 Å². The molecule has 1 heterocycles. The molecule has 160 valence electrons. The molecule has 1 fully saturated rings. The summed E-state index contributed by atoms with van der Waals surface area (Å²) < 4.78 is 11.3. The Balaban J connectivity index is 1.66. The van der Waals surface area contributed by atoms with Crippen LogP contribution in [0.4, 0.5) is 4.79 Å². The normalized spacial score (nSPS) is 14.8. The molecule has 2 aromatic rings. The Kier molecular flexibility index (Phi) is 7.33. The lowest BCUT2D eigenvalue weighted by molar-refractivity contribution is -0.147. The lowest BCUT2D eigenvalue weighted by atomic mass is 10.0. The number of benzene rings is 2. The zero-order chi connectivity index (χ0) is 21.5. The molecule has 1 saturated heterocycles. The van der Waals surface area contributed by atoms with Crippen molar-refractivity contribution in [2.24, 2.45) is 0 Å². The number of piperidine rings is 1. The summed E-state index contributed by atoms with van der Waals surface area (Å²) in [5.41, 5.74) is 3.73. The zero-order valence-electron chi connectivity index (χ0n) is 17.6. The lowest BCUT2D eigenvalue weighted by Gasteiger charge is -2.27. The van der Waals surface area contributed by atoms with Crippen LogP contribution in [0, 0.1) is 13.8 Å². The van der Waals surface area contributed by atoms with E-state index in [0.29, 0.717) is 19.7 Å². The Morgan fingerprint density at radius 1 is 1.00 bits per heavy atom. The van der Waals surface area contributed by atoms with E-state index in [1.54, 1.807) is 4.90 Å². The molecule has 0 aromatic heterocycles. The van der Waals surface area contributed by atoms with Crippen LogP contribution in [-0.4, -0.2) is 41.3 Å². The van der Waals surface area contributed by atoms with Crippen molar-refractivity contribution in [3.05, 3.63) is 64.7 Å². The number of hydrogen-bond acceptors (Lipinski definition) is 4. The molecular weight excluding hydrogens is 382 g/mol. The fraction of sp³-hybridized carbons (Fsp3) is 0.417.